The molecule has 0 atom stereocenters. The van der Waals surface area contributed by atoms with Crippen LogP contribution in [0.3, 0.4) is 0 Å². The molecule has 5 heteroatoms. The first kappa shape index (κ1) is 16.0. The van der Waals surface area contributed by atoms with Gasteiger partial charge in [-0.1, -0.05) is 31.4 Å². The Hall–Kier alpha value is -1.36. The van der Waals surface area contributed by atoms with Crippen LogP contribution < -0.4 is 0 Å². The van der Waals surface area contributed by atoms with Gasteiger partial charge in [-0.25, -0.2) is 8.42 Å². The quantitative estimate of drug-likeness (QED) is 0.876. The van der Waals surface area contributed by atoms with Crippen molar-refractivity contribution >= 4 is 15.8 Å². The molecule has 0 amide bonds. The highest BCUT2D eigenvalue weighted by atomic mass is 32.2. The molecule has 1 aliphatic rings. The molecule has 1 aliphatic carbocycles. The Morgan fingerprint density at radius 2 is 1.71 bits per heavy atom. The Balaban J connectivity index is 2.00. The van der Waals surface area contributed by atoms with Gasteiger partial charge in [0.05, 0.1) is 10.6 Å². The van der Waals surface area contributed by atoms with Gasteiger partial charge in [-0.2, -0.15) is 0 Å². The number of rotatable bonds is 6. The average molecular weight is 310 g/mol. The fraction of sp³-hybridized carbons (Fsp3) is 0.562. The molecular formula is C16H22O4S. The van der Waals surface area contributed by atoms with Crippen LogP contribution in [0.2, 0.25) is 0 Å². The summed E-state index contributed by atoms with van der Waals surface area (Å²) >= 11 is 0. The van der Waals surface area contributed by atoms with Gasteiger partial charge >= 0.3 is 5.97 Å². The van der Waals surface area contributed by atoms with Crippen molar-refractivity contribution in [1.82, 2.24) is 0 Å². The number of carbonyl (C=O) groups is 1. The maximum atomic E-state index is 12.4. The smallest absolute Gasteiger partial charge is 0.303 e. The Labute approximate surface area is 126 Å². The lowest BCUT2D eigenvalue weighted by molar-refractivity contribution is -0.136. The second-order valence-electron chi connectivity index (χ2n) is 5.82. The van der Waals surface area contributed by atoms with E-state index >= 15 is 0 Å². The number of carboxylic acids is 1. The third kappa shape index (κ3) is 4.84. The lowest BCUT2D eigenvalue weighted by Crippen LogP contribution is -2.18. The molecule has 21 heavy (non-hydrogen) atoms. The van der Waals surface area contributed by atoms with Gasteiger partial charge in [0.1, 0.15) is 0 Å². The van der Waals surface area contributed by atoms with Crippen LogP contribution in [0.1, 0.15) is 44.1 Å². The van der Waals surface area contributed by atoms with Gasteiger partial charge in [0.2, 0.25) is 0 Å². The monoisotopic (exact) mass is 310 g/mol. The van der Waals surface area contributed by atoms with Gasteiger partial charge < -0.3 is 5.11 Å². The zero-order valence-electron chi connectivity index (χ0n) is 12.1. The van der Waals surface area contributed by atoms with Crippen LogP contribution in [-0.2, 0) is 21.1 Å². The van der Waals surface area contributed by atoms with Crippen molar-refractivity contribution in [1.29, 1.82) is 0 Å². The standard InChI is InChI=1S/C16H22O4S/c17-16(18)11-8-13-6-9-15(10-7-13)21(19,20)12-14-4-2-1-3-5-14/h6-7,9-10,14H,1-5,8,11-12H2,(H,17,18). The van der Waals surface area contributed by atoms with Gasteiger partial charge in [-0.05, 0) is 42.9 Å². The van der Waals surface area contributed by atoms with Crippen LogP contribution in [0.4, 0.5) is 0 Å². The van der Waals surface area contributed by atoms with Crippen LogP contribution in [0.15, 0.2) is 29.2 Å². The Bertz CT molecular complexity index is 569. The van der Waals surface area contributed by atoms with E-state index in [4.69, 9.17) is 5.11 Å². The minimum absolute atomic E-state index is 0.0637. The first-order chi connectivity index (χ1) is 9.97. The summed E-state index contributed by atoms with van der Waals surface area (Å²) in [5.74, 6) is -0.319. The number of aryl methyl sites for hydroxylation is 1. The topological polar surface area (TPSA) is 71.4 Å². The molecule has 4 nitrogen and oxygen atoms in total. The molecule has 0 aromatic heterocycles. The molecule has 1 aromatic carbocycles. The lowest BCUT2D eigenvalue weighted by Gasteiger charge is -2.21. The molecule has 1 saturated carbocycles. The first-order valence-electron chi connectivity index (χ1n) is 7.51. The van der Waals surface area contributed by atoms with E-state index in [0.717, 1.165) is 31.2 Å². The third-order valence-electron chi connectivity index (χ3n) is 4.09. The van der Waals surface area contributed by atoms with Crippen LogP contribution in [0.5, 0.6) is 0 Å². The number of carboxylic acid groups (broad SMARTS) is 1. The fourth-order valence-electron chi connectivity index (χ4n) is 2.88. The number of benzene rings is 1. The van der Waals surface area contributed by atoms with Gasteiger partial charge in [-0.3, -0.25) is 4.79 Å². The molecule has 0 spiro atoms. The second-order valence-corrected chi connectivity index (χ2v) is 7.86. The highest BCUT2D eigenvalue weighted by molar-refractivity contribution is 7.91. The van der Waals surface area contributed by atoms with E-state index < -0.39 is 15.8 Å². The molecule has 0 unspecified atom stereocenters. The SMILES string of the molecule is O=C(O)CCc1ccc(S(=O)(=O)CC2CCCCC2)cc1. The van der Waals surface area contributed by atoms with Crippen molar-refractivity contribution in [2.75, 3.05) is 5.75 Å². The summed E-state index contributed by atoms with van der Waals surface area (Å²) < 4.78 is 24.8. The summed E-state index contributed by atoms with van der Waals surface area (Å²) in [6.45, 7) is 0. The summed E-state index contributed by atoms with van der Waals surface area (Å²) in [6.07, 6.45) is 6.00. The highest BCUT2D eigenvalue weighted by Gasteiger charge is 2.22. The van der Waals surface area contributed by atoms with Crippen molar-refractivity contribution in [2.24, 2.45) is 5.92 Å². The molecule has 116 valence electrons. The maximum Gasteiger partial charge on any atom is 0.303 e. The molecule has 0 bridgehead atoms. The average Bonchev–Trinajstić information content (AvgIpc) is 2.46. The van der Waals surface area contributed by atoms with E-state index in [1.807, 2.05) is 0 Å². The predicted molar refractivity (Wildman–Crippen MR) is 81.0 cm³/mol. The van der Waals surface area contributed by atoms with E-state index in [0.29, 0.717) is 11.3 Å². The molecule has 0 heterocycles. The van der Waals surface area contributed by atoms with E-state index in [1.54, 1.807) is 24.3 Å². The summed E-state index contributed by atoms with van der Waals surface area (Å²) in [6, 6.07) is 6.65. The van der Waals surface area contributed by atoms with Gasteiger partial charge in [0, 0.05) is 6.42 Å². The van der Waals surface area contributed by atoms with Crippen LogP contribution in [0.25, 0.3) is 0 Å². The Morgan fingerprint density at radius 1 is 1.10 bits per heavy atom. The zero-order valence-corrected chi connectivity index (χ0v) is 12.9. The van der Waals surface area contributed by atoms with Crippen LogP contribution >= 0.6 is 0 Å². The molecule has 1 aromatic rings. The van der Waals surface area contributed by atoms with Crippen LogP contribution in [-0.4, -0.2) is 25.2 Å². The Kier molecular flexibility index (Phi) is 5.39. The molecule has 0 aliphatic heterocycles. The normalized spacial score (nSPS) is 16.8. The third-order valence-corrected chi connectivity index (χ3v) is 5.99. The molecular weight excluding hydrogens is 288 g/mol. The number of sulfone groups is 1. The first-order valence-corrected chi connectivity index (χ1v) is 9.16. The maximum absolute atomic E-state index is 12.4. The molecule has 2 rings (SSSR count). The van der Waals surface area contributed by atoms with Gasteiger partial charge in [0.15, 0.2) is 9.84 Å². The minimum Gasteiger partial charge on any atom is -0.481 e. The van der Waals surface area contributed by atoms with Crippen LogP contribution in [0, 0.1) is 5.92 Å². The second kappa shape index (κ2) is 7.07. The molecule has 0 saturated heterocycles. The Morgan fingerprint density at radius 3 is 2.29 bits per heavy atom. The van der Waals surface area contributed by atoms with Crippen molar-refractivity contribution in [2.45, 2.75) is 49.8 Å². The van der Waals surface area contributed by atoms with Crippen molar-refractivity contribution in [3.8, 4) is 0 Å². The molecule has 1 fully saturated rings. The van der Waals surface area contributed by atoms with Gasteiger partial charge in [-0.15, -0.1) is 0 Å². The van der Waals surface area contributed by atoms with E-state index in [-0.39, 0.29) is 18.1 Å². The number of aliphatic carboxylic acids is 1. The number of hydrogen-bond acceptors (Lipinski definition) is 3. The molecule has 1 N–H and O–H groups in total. The summed E-state index contributed by atoms with van der Waals surface area (Å²) in [4.78, 5) is 10.9. The van der Waals surface area contributed by atoms with E-state index in [9.17, 15) is 13.2 Å². The summed E-state index contributed by atoms with van der Waals surface area (Å²) in [7, 11) is -3.22. The number of hydrogen-bond donors (Lipinski definition) is 1. The highest BCUT2D eigenvalue weighted by Crippen LogP contribution is 2.27. The fourth-order valence-corrected chi connectivity index (χ4v) is 4.57. The van der Waals surface area contributed by atoms with Crippen molar-refractivity contribution in [3.05, 3.63) is 29.8 Å². The van der Waals surface area contributed by atoms with Crippen molar-refractivity contribution in [3.63, 3.8) is 0 Å². The minimum atomic E-state index is -3.22. The van der Waals surface area contributed by atoms with Gasteiger partial charge in [0.25, 0.3) is 0 Å². The zero-order chi connectivity index (χ0) is 15.3. The lowest BCUT2D eigenvalue weighted by atomic mass is 9.91. The summed E-state index contributed by atoms with van der Waals surface area (Å²) in [5, 5.41) is 8.65. The molecule has 0 radical (unpaired) electrons. The van der Waals surface area contributed by atoms with Crippen molar-refractivity contribution < 1.29 is 18.3 Å². The predicted octanol–water partition coefficient (Wildman–Crippen LogP) is 3.06. The van der Waals surface area contributed by atoms with E-state index in [2.05, 4.69) is 0 Å². The van der Waals surface area contributed by atoms with E-state index in [1.165, 1.54) is 6.42 Å². The largest absolute Gasteiger partial charge is 0.481 e. The summed E-state index contributed by atoms with van der Waals surface area (Å²) in [5.41, 5.74) is 0.856.